The molecule has 9 heteroatoms. The summed E-state index contributed by atoms with van der Waals surface area (Å²) in [5.74, 6) is 1.69. The van der Waals surface area contributed by atoms with E-state index in [4.69, 9.17) is 0 Å². The summed E-state index contributed by atoms with van der Waals surface area (Å²) < 4.78 is 30.0. The van der Waals surface area contributed by atoms with Gasteiger partial charge in [-0.25, -0.2) is 0 Å². The standard InChI is InChI=1S/C21H33F2N5O.HI/c1-3-10-27-11-8-16(14-27)13-25-21(24-2)26-17-9-12-28(15-17)18-6-4-5-7-19(18)29-20(22)23;/h4-7,16-17,20H,3,8-15H2,1-2H3,(H2,24,25,26);1H. The number of nitrogens with one attached hydrogen (secondary N) is 2. The molecule has 2 saturated heterocycles. The largest absolute Gasteiger partial charge is 0.433 e. The van der Waals surface area contributed by atoms with Gasteiger partial charge in [-0.05, 0) is 50.4 Å². The van der Waals surface area contributed by atoms with Gasteiger partial charge < -0.3 is 25.2 Å². The Morgan fingerprint density at radius 2 is 2.03 bits per heavy atom. The third-order valence-electron chi connectivity index (χ3n) is 5.64. The zero-order valence-electron chi connectivity index (χ0n) is 17.8. The number of hydrogen-bond acceptors (Lipinski definition) is 4. The summed E-state index contributed by atoms with van der Waals surface area (Å²) in [7, 11) is 1.78. The first kappa shape index (κ1) is 24.9. The highest BCUT2D eigenvalue weighted by Crippen LogP contribution is 2.31. The van der Waals surface area contributed by atoms with E-state index in [9.17, 15) is 8.78 Å². The van der Waals surface area contributed by atoms with Gasteiger partial charge in [0.2, 0.25) is 0 Å². The average molecular weight is 537 g/mol. The molecule has 2 atom stereocenters. The van der Waals surface area contributed by atoms with Crippen LogP contribution in [0.5, 0.6) is 5.75 Å². The maximum Gasteiger partial charge on any atom is 0.387 e. The molecule has 0 radical (unpaired) electrons. The molecule has 2 unspecified atom stereocenters. The van der Waals surface area contributed by atoms with E-state index in [1.54, 1.807) is 19.2 Å². The molecule has 6 nitrogen and oxygen atoms in total. The van der Waals surface area contributed by atoms with E-state index in [0.29, 0.717) is 11.6 Å². The number of para-hydroxylation sites is 2. The van der Waals surface area contributed by atoms with Gasteiger partial charge in [0.15, 0.2) is 5.96 Å². The molecule has 1 aromatic rings. The van der Waals surface area contributed by atoms with Crippen molar-refractivity contribution in [2.75, 3.05) is 51.2 Å². The van der Waals surface area contributed by atoms with Crippen LogP contribution in [0.4, 0.5) is 14.5 Å². The molecule has 30 heavy (non-hydrogen) atoms. The summed E-state index contributed by atoms with van der Waals surface area (Å²) in [6.07, 6.45) is 3.34. The highest BCUT2D eigenvalue weighted by atomic mass is 127. The van der Waals surface area contributed by atoms with Crippen LogP contribution in [0.3, 0.4) is 0 Å². The van der Waals surface area contributed by atoms with Crippen molar-refractivity contribution in [3.05, 3.63) is 24.3 Å². The molecule has 2 fully saturated rings. The monoisotopic (exact) mass is 537 g/mol. The van der Waals surface area contributed by atoms with E-state index >= 15 is 0 Å². The summed E-state index contributed by atoms with van der Waals surface area (Å²) in [6.45, 7) is 5.34. The fourth-order valence-corrected chi connectivity index (χ4v) is 4.24. The molecule has 0 aromatic heterocycles. The fraction of sp³-hybridized carbons (Fsp3) is 0.667. The molecule has 170 valence electrons. The van der Waals surface area contributed by atoms with E-state index < -0.39 is 6.61 Å². The molecule has 0 amide bonds. The predicted octanol–water partition coefficient (Wildman–Crippen LogP) is 3.38. The first-order valence-electron chi connectivity index (χ1n) is 10.6. The molecular weight excluding hydrogens is 503 g/mol. The predicted molar refractivity (Wildman–Crippen MR) is 128 cm³/mol. The molecule has 2 aliphatic heterocycles. The van der Waals surface area contributed by atoms with E-state index in [0.717, 1.165) is 38.6 Å². The van der Waals surface area contributed by atoms with Crippen molar-refractivity contribution in [1.29, 1.82) is 0 Å². The maximum atomic E-state index is 12.7. The second-order valence-electron chi connectivity index (χ2n) is 7.83. The van der Waals surface area contributed by atoms with Crippen LogP contribution in [-0.4, -0.2) is 69.8 Å². The minimum absolute atomic E-state index is 0. The number of aliphatic imine (C=N–C) groups is 1. The molecule has 0 aliphatic carbocycles. The molecule has 2 aliphatic rings. The average Bonchev–Trinajstić information content (AvgIpc) is 3.35. The second-order valence-corrected chi connectivity index (χ2v) is 7.83. The normalized spacial score (nSPS) is 22.3. The number of alkyl halides is 2. The van der Waals surface area contributed by atoms with Crippen molar-refractivity contribution in [3.63, 3.8) is 0 Å². The number of ether oxygens (including phenoxy) is 1. The number of nitrogens with zero attached hydrogens (tertiary/aromatic N) is 3. The maximum absolute atomic E-state index is 12.7. The first-order chi connectivity index (χ1) is 14.1. The minimum atomic E-state index is -2.82. The molecule has 0 bridgehead atoms. The van der Waals surface area contributed by atoms with Crippen LogP contribution >= 0.6 is 24.0 Å². The molecule has 0 spiro atoms. The lowest BCUT2D eigenvalue weighted by Gasteiger charge is -2.23. The topological polar surface area (TPSA) is 52.1 Å². The molecule has 2 N–H and O–H groups in total. The van der Waals surface area contributed by atoms with Crippen LogP contribution < -0.4 is 20.3 Å². The van der Waals surface area contributed by atoms with Crippen molar-refractivity contribution in [2.24, 2.45) is 10.9 Å². The van der Waals surface area contributed by atoms with Gasteiger partial charge >= 0.3 is 6.61 Å². The Labute approximate surface area is 195 Å². The van der Waals surface area contributed by atoms with Crippen molar-refractivity contribution in [3.8, 4) is 5.75 Å². The van der Waals surface area contributed by atoms with Crippen molar-refractivity contribution < 1.29 is 13.5 Å². The molecule has 3 rings (SSSR count). The minimum Gasteiger partial charge on any atom is -0.433 e. The summed E-state index contributed by atoms with van der Waals surface area (Å²) in [6, 6.07) is 7.18. The van der Waals surface area contributed by atoms with Crippen LogP contribution in [0.1, 0.15) is 26.2 Å². The van der Waals surface area contributed by atoms with Gasteiger partial charge in [-0.1, -0.05) is 19.1 Å². The number of halogens is 3. The summed E-state index contributed by atoms with van der Waals surface area (Å²) in [4.78, 5) is 8.97. The Kier molecular flexibility index (Phi) is 10.4. The SMILES string of the molecule is CCCN1CCC(CNC(=NC)NC2CCN(c3ccccc3OC(F)F)C2)C1.I. The smallest absolute Gasteiger partial charge is 0.387 e. The van der Waals surface area contributed by atoms with Crippen molar-refractivity contribution in [1.82, 2.24) is 15.5 Å². The van der Waals surface area contributed by atoms with Gasteiger partial charge in [0.05, 0.1) is 5.69 Å². The lowest BCUT2D eigenvalue weighted by Crippen LogP contribution is -2.46. The Morgan fingerprint density at radius 1 is 1.23 bits per heavy atom. The number of guanidine groups is 1. The van der Waals surface area contributed by atoms with Gasteiger partial charge in [-0.15, -0.1) is 24.0 Å². The lowest BCUT2D eigenvalue weighted by atomic mass is 10.1. The number of rotatable bonds is 8. The number of anilines is 1. The van der Waals surface area contributed by atoms with E-state index in [2.05, 4.69) is 37.1 Å². The van der Waals surface area contributed by atoms with Gasteiger partial charge in [0.1, 0.15) is 5.75 Å². The zero-order chi connectivity index (χ0) is 20.6. The van der Waals surface area contributed by atoms with Crippen molar-refractivity contribution >= 4 is 35.6 Å². The van der Waals surface area contributed by atoms with Crippen LogP contribution in [0.2, 0.25) is 0 Å². The summed E-state index contributed by atoms with van der Waals surface area (Å²) in [5, 5.41) is 6.94. The Morgan fingerprint density at radius 3 is 2.77 bits per heavy atom. The summed E-state index contributed by atoms with van der Waals surface area (Å²) in [5.41, 5.74) is 0.710. The molecular formula is C21H34F2IN5O. The van der Waals surface area contributed by atoms with E-state index in [-0.39, 0.29) is 35.8 Å². The Bertz CT molecular complexity index is 679. The Balaban J connectivity index is 0.00000320. The Hall–Kier alpha value is -1.36. The van der Waals surface area contributed by atoms with Gasteiger partial charge in [-0.3, -0.25) is 4.99 Å². The van der Waals surface area contributed by atoms with Crippen LogP contribution in [0.15, 0.2) is 29.3 Å². The first-order valence-corrected chi connectivity index (χ1v) is 10.6. The van der Waals surface area contributed by atoms with Gasteiger partial charge in [0, 0.05) is 39.3 Å². The quantitative estimate of drug-likeness (QED) is 0.303. The number of benzene rings is 1. The lowest BCUT2D eigenvalue weighted by molar-refractivity contribution is -0.0495. The summed E-state index contributed by atoms with van der Waals surface area (Å²) >= 11 is 0. The number of likely N-dealkylation sites (tertiary alicyclic amines) is 1. The van der Waals surface area contributed by atoms with Crippen LogP contribution in [0.25, 0.3) is 0 Å². The third kappa shape index (κ3) is 7.11. The second kappa shape index (κ2) is 12.5. The highest BCUT2D eigenvalue weighted by Gasteiger charge is 2.27. The zero-order valence-corrected chi connectivity index (χ0v) is 20.1. The van der Waals surface area contributed by atoms with Gasteiger partial charge in [-0.2, -0.15) is 8.78 Å². The molecule has 0 saturated carbocycles. The van der Waals surface area contributed by atoms with E-state index in [1.165, 1.54) is 25.9 Å². The number of hydrogen-bond donors (Lipinski definition) is 2. The van der Waals surface area contributed by atoms with Gasteiger partial charge in [0.25, 0.3) is 0 Å². The van der Waals surface area contributed by atoms with Crippen LogP contribution in [-0.2, 0) is 0 Å². The fourth-order valence-electron chi connectivity index (χ4n) is 4.24. The molecule has 2 heterocycles. The van der Waals surface area contributed by atoms with Crippen molar-refractivity contribution in [2.45, 2.75) is 38.8 Å². The molecule has 1 aromatic carbocycles. The third-order valence-corrected chi connectivity index (χ3v) is 5.64. The highest BCUT2D eigenvalue weighted by molar-refractivity contribution is 14.0. The van der Waals surface area contributed by atoms with Crippen LogP contribution in [0, 0.1) is 5.92 Å². The van der Waals surface area contributed by atoms with E-state index in [1.807, 2.05) is 12.1 Å².